The van der Waals surface area contributed by atoms with E-state index in [-0.39, 0.29) is 6.61 Å². The lowest BCUT2D eigenvalue weighted by molar-refractivity contribution is 0.285. The summed E-state index contributed by atoms with van der Waals surface area (Å²) >= 11 is 7.36. The number of nitrogens with zero attached hydrogens (tertiary/aromatic N) is 1. The zero-order chi connectivity index (χ0) is 11.8. The van der Waals surface area contributed by atoms with Gasteiger partial charge in [0.2, 0.25) is 0 Å². The number of H-pyrrole nitrogens is 1. The van der Waals surface area contributed by atoms with Crippen LogP contribution in [0.4, 0.5) is 0 Å². The summed E-state index contributed by atoms with van der Waals surface area (Å²) in [5, 5.41) is 11.5. The molecule has 0 fully saturated rings. The molecule has 2 N–H and O–H groups in total. The van der Waals surface area contributed by atoms with Crippen molar-refractivity contribution in [2.75, 3.05) is 0 Å². The van der Waals surface area contributed by atoms with Gasteiger partial charge in [-0.25, -0.2) is 4.98 Å². The quantitative estimate of drug-likeness (QED) is 0.745. The predicted octanol–water partition coefficient (Wildman–Crippen LogP) is 3.44. The van der Waals surface area contributed by atoms with Crippen LogP contribution >= 0.6 is 22.9 Å². The molecule has 0 amide bonds. The number of hydrogen-bond donors (Lipinski definition) is 2. The van der Waals surface area contributed by atoms with Crippen molar-refractivity contribution in [2.24, 2.45) is 0 Å². The van der Waals surface area contributed by atoms with E-state index in [2.05, 4.69) is 9.97 Å². The molecular weight excluding hydrogens is 256 g/mol. The molecule has 1 aromatic carbocycles. The summed E-state index contributed by atoms with van der Waals surface area (Å²) in [6.07, 6.45) is 1.92. The van der Waals surface area contributed by atoms with Gasteiger partial charge in [0.25, 0.3) is 0 Å². The van der Waals surface area contributed by atoms with E-state index in [9.17, 15) is 0 Å². The molecule has 0 saturated carbocycles. The molecule has 0 saturated heterocycles. The van der Waals surface area contributed by atoms with E-state index in [4.69, 9.17) is 16.7 Å². The first-order chi connectivity index (χ1) is 8.29. The molecule has 0 aliphatic heterocycles. The Morgan fingerprint density at radius 1 is 1.35 bits per heavy atom. The average molecular weight is 265 g/mol. The number of thiazole rings is 1. The molecular formula is C12H9ClN2OS. The largest absolute Gasteiger partial charge is 0.391 e. The van der Waals surface area contributed by atoms with E-state index in [1.165, 1.54) is 11.3 Å². The van der Waals surface area contributed by atoms with Crippen molar-refractivity contribution in [3.63, 3.8) is 0 Å². The van der Waals surface area contributed by atoms with Gasteiger partial charge in [0.15, 0.2) is 0 Å². The van der Waals surface area contributed by atoms with Gasteiger partial charge in [-0.15, -0.1) is 11.3 Å². The normalized spacial score (nSPS) is 11.2. The van der Waals surface area contributed by atoms with Crippen LogP contribution in [0.25, 0.3) is 21.5 Å². The molecule has 0 aliphatic rings. The molecule has 0 bridgehead atoms. The number of halogens is 1. The third kappa shape index (κ3) is 1.74. The molecule has 3 aromatic rings. The molecule has 2 aromatic heterocycles. The molecule has 0 radical (unpaired) electrons. The van der Waals surface area contributed by atoms with Crippen LogP contribution in [0.3, 0.4) is 0 Å². The Labute approximate surface area is 107 Å². The zero-order valence-corrected chi connectivity index (χ0v) is 10.3. The number of fused-ring (bicyclic) bond motifs is 1. The summed E-state index contributed by atoms with van der Waals surface area (Å²) < 4.78 is 0. The minimum absolute atomic E-state index is 0.0706. The molecule has 3 rings (SSSR count). The highest BCUT2D eigenvalue weighted by atomic mass is 35.5. The van der Waals surface area contributed by atoms with Gasteiger partial charge in [0, 0.05) is 22.7 Å². The van der Waals surface area contributed by atoms with Crippen molar-refractivity contribution in [3.8, 4) is 10.6 Å². The second-order valence-electron chi connectivity index (χ2n) is 3.64. The number of aromatic amines is 1. The highest BCUT2D eigenvalue weighted by Crippen LogP contribution is 2.34. The third-order valence-corrected chi connectivity index (χ3v) is 4.11. The number of aliphatic hydroxyl groups excluding tert-OH is 1. The van der Waals surface area contributed by atoms with Gasteiger partial charge >= 0.3 is 0 Å². The smallest absolute Gasteiger partial charge is 0.146 e. The van der Waals surface area contributed by atoms with E-state index in [0.29, 0.717) is 10.0 Å². The fraction of sp³-hybridized carbons (Fsp3) is 0.0833. The fourth-order valence-corrected chi connectivity index (χ4v) is 2.95. The lowest BCUT2D eigenvalue weighted by Crippen LogP contribution is -1.75. The van der Waals surface area contributed by atoms with Crippen LogP contribution < -0.4 is 0 Å². The second-order valence-corrected chi connectivity index (χ2v) is 5.08. The third-order valence-electron chi connectivity index (χ3n) is 2.61. The van der Waals surface area contributed by atoms with Crippen LogP contribution in [0.1, 0.15) is 4.88 Å². The molecule has 5 heteroatoms. The van der Waals surface area contributed by atoms with Crippen LogP contribution in [0.5, 0.6) is 0 Å². The number of rotatable bonds is 2. The first kappa shape index (κ1) is 10.8. The van der Waals surface area contributed by atoms with E-state index in [0.717, 1.165) is 21.5 Å². The topological polar surface area (TPSA) is 48.9 Å². The highest BCUT2D eigenvalue weighted by molar-refractivity contribution is 7.15. The molecule has 0 spiro atoms. The standard InChI is InChI=1S/C12H9ClN2OS/c13-11-10(6-16)17-12(15-11)8-5-14-9-4-2-1-3-7(8)9/h1-5,14,16H,6H2. The van der Waals surface area contributed by atoms with Gasteiger partial charge in [-0.2, -0.15) is 0 Å². The maximum absolute atomic E-state index is 9.12. The van der Waals surface area contributed by atoms with Crippen LogP contribution in [0.2, 0.25) is 5.15 Å². The summed E-state index contributed by atoms with van der Waals surface area (Å²) in [4.78, 5) is 8.17. The SMILES string of the molecule is OCc1sc(-c2c[nH]c3ccccc23)nc1Cl. The van der Waals surface area contributed by atoms with Crippen molar-refractivity contribution in [3.05, 3.63) is 40.5 Å². The Hall–Kier alpha value is -1.36. The van der Waals surface area contributed by atoms with E-state index < -0.39 is 0 Å². The molecule has 86 valence electrons. The molecule has 3 nitrogen and oxygen atoms in total. The first-order valence-electron chi connectivity index (χ1n) is 5.12. The van der Waals surface area contributed by atoms with Gasteiger partial charge in [-0.05, 0) is 6.07 Å². The Bertz CT molecular complexity index is 674. The summed E-state index contributed by atoms with van der Waals surface area (Å²) in [5.41, 5.74) is 2.09. The summed E-state index contributed by atoms with van der Waals surface area (Å²) in [7, 11) is 0. The Morgan fingerprint density at radius 2 is 2.18 bits per heavy atom. The number of hydrogen-bond acceptors (Lipinski definition) is 3. The number of para-hydroxylation sites is 1. The van der Waals surface area contributed by atoms with Crippen LogP contribution in [0, 0.1) is 0 Å². The van der Waals surface area contributed by atoms with Crippen LogP contribution in [0.15, 0.2) is 30.5 Å². The van der Waals surface area contributed by atoms with E-state index in [1.807, 2.05) is 30.5 Å². The summed E-state index contributed by atoms with van der Waals surface area (Å²) in [6.45, 7) is -0.0706. The Kier molecular flexibility index (Phi) is 2.63. The molecule has 17 heavy (non-hydrogen) atoms. The van der Waals surface area contributed by atoms with Crippen molar-refractivity contribution in [1.29, 1.82) is 0 Å². The van der Waals surface area contributed by atoms with Gasteiger partial charge < -0.3 is 10.1 Å². The predicted molar refractivity (Wildman–Crippen MR) is 70.3 cm³/mol. The van der Waals surface area contributed by atoms with Gasteiger partial charge in [-0.1, -0.05) is 29.8 Å². The minimum Gasteiger partial charge on any atom is -0.391 e. The minimum atomic E-state index is -0.0706. The number of aliphatic hydroxyl groups is 1. The fourth-order valence-electron chi connectivity index (χ4n) is 1.79. The monoisotopic (exact) mass is 264 g/mol. The number of aromatic nitrogens is 2. The first-order valence-corrected chi connectivity index (χ1v) is 6.31. The van der Waals surface area contributed by atoms with Gasteiger partial charge in [0.05, 0.1) is 11.5 Å². The Morgan fingerprint density at radius 3 is 2.94 bits per heavy atom. The maximum atomic E-state index is 9.12. The van der Waals surface area contributed by atoms with E-state index in [1.54, 1.807) is 0 Å². The van der Waals surface area contributed by atoms with Crippen molar-refractivity contribution >= 4 is 33.8 Å². The highest BCUT2D eigenvalue weighted by Gasteiger charge is 2.13. The van der Waals surface area contributed by atoms with Gasteiger partial charge in [-0.3, -0.25) is 0 Å². The van der Waals surface area contributed by atoms with Crippen LogP contribution in [-0.4, -0.2) is 15.1 Å². The molecule has 0 atom stereocenters. The van der Waals surface area contributed by atoms with Crippen LogP contribution in [-0.2, 0) is 6.61 Å². The summed E-state index contributed by atoms with van der Waals surface area (Å²) in [6, 6.07) is 8.02. The number of nitrogens with one attached hydrogen (secondary N) is 1. The Balaban J connectivity index is 2.20. The number of benzene rings is 1. The average Bonchev–Trinajstić information content (AvgIpc) is 2.92. The molecule has 2 heterocycles. The molecule has 0 unspecified atom stereocenters. The zero-order valence-electron chi connectivity index (χ0n) is 8.77. The lowest BCUT2D eigenvalue weighted by Gasteiger charge is -1.92. The van der Waals surface area contributed by atoms with Gasteiger partial charge in [0.1, 0.15) is 10.2 Å². The van der Waals surface area contributed by atoms with Crippen molar-refractivity contribution in [2.45, 2.75) is 6.61 Å². The maximum Gasteiger partial charge on any atom is 0.146 e. The molecule has 0 aliphatic carbocycles. The second kappa shape index (κ2) is 4.14. The van der Waals surface area contributed by atoms with Crippen molar-refractivity contribution < 1.29 is 5.11 Å². The summed E-state index contributed by atoms with van der Waals surface area (Å²) in [5.74, 6) is 0. The van der Waals surface area contributed by atoms with E-state index >= 15 is 0 Å². The lowest BCUT2D eigenvalue weighted by atomic mass is 10.2. The van der Waals surface area contributed by atoms with Crippen molar-refractivity contribution in [1.82, 2.24) is 9.97 Å².